The Morgan fingerprint density at radius 2 is 1.79 bits per heavy atom. The molecule has 0 aliphatic carbocycles. The van der Waals surface area contributed by atoms with Gasteiger partial charge in [-0.3, -0.25) is 4.79 Å². The van der Waals surface area contributed by atoms with E-state index in [0.29, 0.717) is 11.1 Å². The number of esters is 1. The highest BCUT2D eigenvalue weighted by molar-refractivity contribution is 6.01. The van der Waals surface area contributed by atoms with Crippen molar-refractivity contribution in [2.75, 3.05) is 6.61 Å². The zero-order valence-corrected chi connectivity index (χ0v) is 10.8. The number of carbonyl (C=O) groups excluding carboxylic acids is 2. The van der Waals surface area contributed by atoms with Crippen LogP contribution in [0.25, 0.3) is 5.70 Å². The number of nitrogens with two attached hydrogens (primary N) is 1. The predicted octanol–water partition coefficient (Wildman–Crippen LogP) is 1.65. The molecule has 1 rings (SSSR count). The van der Waals surface area contributed by atoms with E-state index in [4.69, 9.17) is 15.7 Å². The molecule has 0 bridgehead atoms. The fraction of sp³-hybridized carbons (Fsp3) is 0.214. The summed E-state index contributed by atoms with van der Waals surface area (Å²) in [5.74, 6) is -0.821. The number of rotatable bonds is 4. The van der Waals surface area contributed by atoms with Gasteiger partial charge in [-0.2, -0.15) is 5.26 Å². The van der Waals surface area contributed by atoms with Gasteiger partial charge in [0.25, 0.3) is 0 Å². The Kier molecular flexibility index (Phi) is 4.84. The topological polar surface area (TPSA) is 93.2 Å². The molecule has 0 aromatic heterocycles. The molecule has 5 heteroatoms. The lowest BCUT2D eigenvalue weighted by Gasteiger charge is -2.06. The summed E-state index contributed by atoms with van der Waals surface area (Å²) in [6, 6.07) is 8.08. The van der Waals surface area contributed by atoms with Gasteiger partial charge in [0, 0.05) is 5.56 Å². The molecule has 0 aliphatic rings. The van der Waals surface area contributed by atoms with Crippen LogP contribution in [0.3, 0.4) is 0 Å². The van der Waals surface area contributed by atoms with Crippen LogP contribution in [0.5, 0.6) is 0 Å². The number of nitrogens with zero attached hydrogens (tertiary/aromatic N) is 1. The van der Waals surface area contributed by atoms with Crippen molar-refractivity contribution in [2.24, 2.45) is 5.73 Å². The Bertz CT molecular complexity index is 565. The normalized spacial score (nSPS) is 11.2. The van der Waals surface area contributed by atoms with Crippen molar-refractivity contribution in [3.8, 4) is 6.07 Å². The minimum absolute atomic E-state index is 0.0380. The van der Waals surface area contributed by atoms with Gasteiger partial charge in [0.2, 0.25) is 0 Å². The Balaban J connectivity index is 3.16. The van der Waals surface area contributed by atoms with Crippen LogP contribution in [-0.2, 0) is 9.53 Å². The Morgan fingerprint density at radius 1 is 1.26 bits per heavy atom. The van der Waals surface area contributed by atoms with Crippen molar-refractivity contribution in [1.82, 2.24) is 0 Å². The van der Waals surface area contributed by atoms with Crippen LogP contribution in [0.2, 0.25) is 0 Å². The number of nitriles is 1. The largest absolute Gasteiger partial charge is 0.462 e. The van der Waals surface area contributed by atoms with Crippen LogP contribution in [0, 0.1) is 11.3 Å². The summed E-state index contributed by atoms with van der Waals surface area (Å²) in [5.41, 5.74) is 6.61. The van der Waals surface area contributed by atoms with Crippen molar-refractivity contribution in [3.63, 3.8) is 0 Å². The van der Waals surface area contributed by atoms with Crippen molar-refractivity contribution in [1.29, 1.82) is 5.26 Å². The third-order valence-corrected chi connectivity index (χ3v) is 2.46. The quantitative estimate of drug-likeness (QED) is 0.383. The molecule has 0 atom stereocenters. The van der Waals surface area contributed by atoms with E-state index in [2.05, 4.69) is 0 Å². The average Bonchev–Trinajstić information content (AvgIpc) is 2.39. The van der Waals surface area contributed by atoms with Crippen LogP contribution >= 0.6 is 0 Å². The molecule has 0 heterocycles. The number of Topliss-reactive ketones (excluding diaryl/α,β-unsaturated/α-hetero) is 1. The van der Waals surface area contributed by atoms with Crippen molar-refractivity contribution in [3.05, 3.63) is 41.0 Å². The maximum absolute atomic E-state index is 11.5. The fourth-order valence-corrected chi connectivity index (χ4v) is 1.45. The zero-order valence-electron chi connectivity index (χ0n) is 10.8. The Labute approximate surface area is 111 Å². The van der Waals surface area contributed by atoms with Crippen molar-refractivity contribution < 1.29 is 14.3 Å². The summed E-state index contributed by atoms with van der Waals surface area (Å²) in [4.78, 5) is 22.7. The second-order valence-corrected chi connectivity index (χ2v) is 3.75. The zero-order chi connectivity index (χ0) is 14.4. The molecule has 0 saturated heterocycles. The minimum Gasteiger partial charge on any atom is -0.462 e. The predicted molar refractivity (Wildman–Crippen MR) is 69.8 cm³/mol. The van der Waals surface area contributed by atoms with Gasteiger partial charge in [-0.1, -0.05) is 24.3 Å². The highest BCUT2D eigenvalue weighted by Gasteiger charge is 2.15. The molecule has 1 aromatic rings. The number of ketones is 1. The maximum atomic E-state index is 11.5. The van der Waals surface area contributed by atoms with E-state index in [-0.39, 0.29) is 23.7 Å². The first kappa shape index (κ1) is 14.5. The maximum Gasteiger partial charge on any atom is 0.351 e. The fourth-order valence-electron chi connectivity index (χ4n) is 1.45. The second kappa shape index (κ2) is 6.36. The number of benzene rings is 1. The third-order valence-electron chi connectivity index (χ3n) is 2.46. The summed E-state index contributed by atoms with van der Waals surface area (Å²) >= 11 is 0. The first-order chi connectivity index (χ1) is 9.01. The smallest absolute Gasteiger partial charge is 0.351 e. The van der Waals surface area contributed by atoms with Gasteiger partial charge in [0.05, 0.1) is 12.3 Å². The molecule has 0 spiro atoms. The van der Waals surface area contributed by atoms with Gasteiger partial charge < -0.3 is 10.5 Å². The minimum atomic E-state index is -0.752. The highest BCUT2D eigenvalue weighted by atomic mass is 16.5. The first-order valence-corrected chi connectivity index (χ1v) is 5.69. The van der Waals surface area contributed by atoms with Gasteiger partial charge in [0.15, 0.2) is 11.4 Å². The SMILES string of the molecule is CCOC(=O)/C(C#N)=C(\N)c1ccc(C(C)=O)cc1. The summed E-state index contributed by atoms with van der Waals surface area (Å²) in [7, 11) is 0. The summed E-state index contributed by atoms with van der Waals surface area (Å²) in [6.45, 7) is 3.26. The molecule has 98 valence electrons. The molecule has 0 fully saturated rings. The molecule has 19 heavy (non-hydrogen) atoms. The molecule has 0 saturated carbocycles. The van der Waals surface area contributed by atoms with E-state index in [1.165, 1.54) is 6.92 Å². The summed E-state index contributed by atoms with van der Waals surface area (Å²) in [6.07, 6.45) is 0. The number of ether oxygens (including phenoxy) is 1. The molecule has 0 aliphatic heterocycles. The lowest BCUT2D eigenvalue weighted by molar-refractivity contribution is -0.137. The van der Waals surface area contributed by atoms with Crippen LogP contribution in [0.4, 0.5) is 0 Å². The van der Waals surface area contributed by atoms with E-state index >= 15 is 0 Å². The van der Waals surface area contributed by atoms with Crippen LogP contribution in [-0.4, -0.2) is 18.4 Å². The molecule has 0 radical (unpaired) electrons. The molecular weight excluding hydrogens is 244 g/mol. The van der Waals surface area contributed by atoms with Crippen LogP contribution < -0.4 is 5.73 Å². The average molecular weight is 258 g/mol. The number of carbonyl (C=O) groups is 2. The van der Waals surface area contributed by atoms with Crippen molar-refractivity contribution in [2.45, 2.75) is 13.8 Å². The molecule has 0 unspecified atom stereocenters. The Hall–Kier alpha value is -2.61. The summed E-state index contributed by atoms with van der Waals surface area (Å²) < 4.78 is 4.75. The van der Waals surface area contributed by atoms with Gasteiger partial charge in [-0.15, -0.1) is 0 Å². The molecule has 0 amide bonds. The van der Waals surface area contributed by atoms with E-state index in [1.807, 2.05) is 0 Å². The van der Waals surface area contributed by atoms with Gasteiger partial charge >= 0.3 is 5.97 Å². The lowest BCUT2D eigenvalue weighted by Crippen LogP contribution is -2.12. The monoisotopic (exact) mass is 258 g/mol. The van der Waals surface area contributed by atoms with Gasteiger partial charge in [-0.25, -0.2) is 4.79 Å². The van der Waals surface area contributed by atoms with Crippen LogP contribution in [0.1, 0.15) is 29.8 Å². The van der Waals surface area contributed by atoms with E-state index < -0.39 is 5.97 Å². The number of hydrogen-bond donors (Lipinski definition) is 1. The standard InChI is InChI=1S/C14H14N2O3/c1-3-19-14(18)12(8-15)13(16)11-6-4-10(5-7-11)9(2)17/h4-7H,3,16H2,1-2H3/b13-12-. The lowest BCUT2D eigenvalue weighted by atomic mass is 10.0. The third kappa shape index (κ3) is 3.42. The summed E-state index contributed by atoms with van der Waals surface area (Å²) in [5, 5.41) is 8.95. The Morgan fingerprint density at radius 3 is 2.21 bits per heavy atom. The van der Waals surface area contributed by atoms with Gasteiger partial charge in [-0.05, 0) is 19.4 Å². The van der Waals surface area contributed by atoms with E-state index in [1.54, 1.807) is 37.3 Å². The van der Waals surface area contributed by atoms with Gasteiger partial charge in [0.1, 0.15) is 6.07 Å². The van der Waals surface area contributed by atoms with E-state index in [0.717, 1.165) is 0 Å². The van der Waals surface area contributed by atoms with E-state index in [9.17, 15) is 9.59 Å². The molecule has 5 nitrogen and oxygen atoms in total. The number of hydrogen-bond acceptors (Lipinski definition) is 5. The molecular formula is C14H14N2O3. The first-order valence-electron chi connectivity index (χ1n) is 5.69. The molecule has 2 N–H and O–H groups in total. The second-order valence-electron chi connectivity index (χ2n) is 3.75. The molecule has 1 aromatic carbocycles. The van der Waals surface area contributed by atoms with Crippen molar-refractivity contribution >= 4 is 17.4 Å². The van der Waals surface area contributed by atoms with Crippen LogP contribution in [0.15, 0.2) is 29.8 Å². The highest BCUT2D eigenvalue weighted by Crippen LogP contribution is 2.15.